The van der Waals surface area contributed by atoms with Gasteiger partial charge in [0.2, 0.25) is 11.8 Å². The van der Waals surface area contributed by atoms with Crippen LogP contribution < -0.4 is 14.8 Å². The van der Waals surface area contributed by atoms with Crippen LogP contribution in [0.3, 0.4) is 0 Å². The highest BCUT2D eigenvalue weighted by molar-refractivity contribution is 6.00. The summed E-state index contributed by atoms with van der Waals surface area (Å²) in [4.78, 5) is 27.9. The van der Waals surface area contributed by atoms with E-state index in [0.29, 0.717) is 17.2 Å². The summed E-state index contributed by atoms with van der Waals surface area (Å²) in [6.07, 6.45) is 7.07. The van der Waals surface area contributed by atoms with Crippen molar-refractivity contribution in [2.75, 3.05) is 5.32 Å². The van der Waals surface area contributed by atoms with Crippen LogP contribution >= 0.6 is 0 Å². The van der Waals surface area contributed by atoms with Crippen LogP contribution in [0.25, 0.3) is 0 Å². The van der Waals surface area contributed by atoms with Gasteiger partial charge >= 0.3 is 5.97 Å². The van der Waals surface area contributed by atoms with Crippen LogP contribution in [-0.2, 0) is 11.2 Å². The third-order valence-electron chi connectivity index (χ3n) is 6.07. The number of hydrogen-bond donors (Lipinski definition) is 3. The zero-order valence-electron chi connectivity index (χ0n) is 19.9. The molecule has 0 unspecified atom stereocenters. The van der Waals surface area contributed by atoms with Gasteiger partial charge in [0.25, 0.3) is 0 Å². The fraction of sp³-hybridized carbons (Fsp3) is 0.321. The quantitative estimate of drug-likeness (QED) is 0.396. The van der Waals surface area contributed by atoms with Crippen LogP contribution in [0.2, 0.25) is 0 Å². The molecule has 0 spiro atoms. The van der Waals surface area contributed by atoms with Crippen LogP contribution in [0.15, 0.2) is 66.9 Å². The van der Waals surface area contributed by atoms with Gasteiger partial charge in [-0.2, -0.15) is 0 Å². The Hall–Kier alpha value is -3.91. The highest BCUT2D eigenvalue weighted by Gasteiger charge is 2.17. The first kappa shape index (κ1) is 25.2. The van der Waals surface area contributed by atoms with Gasteiger partial charge in [-0.25, -0.2) is 9.78 Å². The van der Waals surface area contributed by atoms with Crippen LogP contribution in [-0.4, -0.2) is 39.3 Å². The lowest BCUT2D eigenvalue weighted by Gasteiger charge is -2.23. The molecule has 2 aromatic carbocycles. The van der Waals surface area contributed by atoms with Crippen molar-refractivity contribution in [3.63, 3.8) is 0 Å². The number of aromatic nitrogens is 1. The van der Waals surface area contributed by atoms with E-state index in [1.165, 1.54) is 6.07 Å². The van der Waals surface area contributed by atoms with E-state index < -0.39 is 5.97 Å². The Kier molecular flexibility index (Phi) is 8.52. The maximum atomic E-state index is 12.4. The number of hydrogen-bond acceptors (Lipinski definition) is 6. The lowest BCUT2D eigenvalue weighted by Crippen LogP contribution is -2.21. The summed E-state index contributed by atoms with van der Waals surface area (Å²) in [6.45, 7) is 0. The first-order valence-corrected chi connectivity index (χ1v) is 12.2. The molecule has 0 atom stereocenters. The Morgan fingerprint density at radius 2 is 1.61 bits per heavy atom. The zero-order valence-corrected chi connectivity index (χ0v) is 19.9. The van der Waals surface area contributed by atoms with E-state index in [0.717, 1.165) is 44.3 Å². The molecule has 36 heavy (non-hydrogen) atoms. The van der Waals surface area contributed by atoms with Crippen molar-refractivity contribution in [3.05, 3.63) is 78.0 Å². The number of para-hydroxylation sites is 1. The average Bonchev–Trinajstić information content (AvgIpc) is 2.85. The van der Waals surface area contributed by atoms with Crippen LogP contribution in [0.5, 0.6) is 17.4 Å². The Bertz CT molecular complexity index is 1150. The smallest absolute Gasteiger partial charge is 0.337 e. The van der Waals surface area contributed by atoms with E-state index in [-0.39, 0.29) is 35.8 Å². The number of carboxylic acid groups (broad SMARTS) is 1. The molecule has 0 aliphatic heterocycles. The molecule has 8 heteroatoms. The number of ether oxygens (including phenoxy) is 2. The predicted octanol–water partition coefficient (Wildman–Crippen LogP) is 5.22. The zero-order chi connectivity index (χ0) is 25.3. The number of carbonyl (C=O) groups excluding carboxylic acids is 1. The summed E-state index contributed by atoms with van der Waals surface area (Å²) in [7, 11) is 0. The number of pyridine rings is 1. The molecule has 3 N–H and O–H groups in total. The molecule has 3 aromatic rings. The largest absolute Gasteiger partial charge is 0.490 e. The van der Waals surface area contributed by atoms with E-state index in [1.54, 1.807) is 36.5 Å². The summed E-state index contributed by atoms with van der Waals surface area (Å²) < 4.78 is 11.9. The minimum Gasteiger partial charge on any atom is -0.490 e. The van der Waals surface area contributed by atoms with Gasteiger partial charge in [-0.1, -0.05) is 18.2 Å². The molecule has 0 saturated heterocycles. The molecular weight excluding hydrogens is 460 g/mol. The third kappa shape index (κ3) is 7.29. The first-order chi connectivity index (χ1) is 17.5. The topological polar surface area (TPSA) is 118 Å². The van der Waals surface area contributed by atoms with Gasteiger partial charge in [-0.05, 0) is 80.5 Å². The molecule has 8 nitrogen and oxygen atoms in total. The fourth-order valence-corrected chi connectivity index (χ4v) is 4.20. The van der Waals surface area contributed by atoms with E-state index in [9.17, 15) is 19.8 Å². The Balaban J connectivity index is 1.28. The first-order valence-electron chi connectivity index (χ1n) is 12.2. The molecule has 4 rings (SSSR count). The maximum absolute atomic E-state index is 12.4. The van der Waals surface area contributed by atoms with E-state index in [2.05, 4.69) is 10.3 Å². The van der Waals surface area contributed by atoms with Crippen LogP contribution in [0.1, 0.15) is 54.4 Å². The van der Waals surface area contributed by atoms with Crippen molar-refractivity contribution >= 4 is 17.6 Å². The van der Waals surface area contributed by atoms with Gasteiger partial charge in [-0.3, -0.25) is 4.79 Å². The second-order valence-corrected chi connectivity index (χ2v) is 8.91. The van der Waals surface area contributed by atoms with Crippen molar-refractivity contribution in [2.24, 2.45) is 0 Å². The van der Waals surface area contributed by atoms with Gasteiger partial charge in [0.1, 0.15) is 11.5 Å². The summed E-state index contributed by atoms with van der Waals surface area (Å²) >= 11 is 0. The number of aliphatic hydroxyl groups excluding tert-OH is 1. The maximum Gasteiger partial charge on any atom is 0.337 e. The van der Waals surface area contributed by atoms with Crippen molar-refractivity contribution in [1.29, 1.82) is 0 Å². The summed E-state index contributed by atoms with van der Waals surface area (Å²) in [5.74, 6) is 0.353. The number of carbonyl (C=O) groups is 2. The number of nitrogens with zero attached hydrogens (tertiary/aromatic N) is 1. The minimum atomic E-state index is -1.10. The fourth-order valence-electron chi connectivity index (χ4n) is 4.20. The number of carboxylic acids is 1. The monoisotopic (exact) mass is 490 g/mol. The normalized spacial score (nSPS) is 17.9. The summed E-state index contributed by atoms with van der Waals surface area (Å²) in [5, 5.41) is 21.7. The van der Waals surface area contributed by atoms with Gasteiger partial charge in [0, 0.05) is 12.3 Å². The molecule has 0 radical (unpaired) electrons. The van der Waals surface area contributed by atoms with Crippen molar-refractivity contribution in [1.82, 2.24) is 4.98 Å². The second kappa shape index (κ2) is 12.2. The number of anilines is 1. The molecule has 1 aliphatic rings. The second-order valence-electron chi connectivity index (χ2n) is 8.91. The van der Waals surface area contributed by atoms with E-state index in [1.807, 2.05) is 24.3 Å². The minimum absolute atomic E-state index is 0.0358. The van der Waals surface area contributed by atoms with Crippen LogP contribution in [0, 0.1) is 0 Å². The van der Waals surface area contributed by atoms with Crippen molar-refractivity contribution in [2.45, 2.75) is 57.2 Å². The number of amides is 1. The van der Waals surface area contributed by atoms with Gasteiger partial charge < -0.3 is 25.0 Å². The van der Waals surface area contributed by atoms with E-state index >= 15 is 0 Å². The molecular formula is C28H30N2O6. The number of aromatic carboxylic acids is 1. The standard InChI is InChI=1S/C28H30N2O6/c31-20-5-3-7-21(8-4-6-20)35-22-12-14-23(15-13-22)36-27-16-11-19(18-29-27)17-26(32)30-25-10-2-1-9-24(25)28(33)34/h1-2,9-16,18,20-21,31H,3-8,17H2,(H,30,32)(H,33,34). The molecule has 1 saturated carbocycles. The van der Waals surface area contributed by atoms with E-state index in [4.69, 9.17) is 9.47 Å². The predicted molar refractivity (Wildman–Crippen MR) is 135 cm³/mol. The lowest BCUT2D eigenvalue weighted by atomic mass is 9.96. The average molecular weight is 491 g/mol. The Morgan fingerprint density at radius 1 is 0.917 bits per heavy atom. The van der Waals surface area contributed by atoms with Crippen molar-refractivity contribution in [3.8, 4) is 17.4 Å². The van der Waals surface area contributed by atoms with Gasteiger partial charge in [0.05, 0.1) is 29.9 Å². The molecule has 1 amide bonds. The molecule has 1 aliphatic carbocycles. The van der Waals surface area contributed by atoms with Gasteiger partial charge in [0.15, 0.2) is 0 Å². The molecule has 1 fully saturated rings. The Labute approximate surface area is 209 Å². The highest BCUT2D eigenvalue weighted by atomic mass is 16.5. The highest BCUT2D eigenvalue weighted by Crippen LogP contribution is 2.26. The number of rotatable bonds is 8. The molecule has 1 aromatic heterocycles. The number of nitrogens with one attached hydrogen (secondary N) is 1. The summed E-state index contributed by atoms with van der Waals surface area (Å²) in [5.41, 5.74) is 0.959. The number of benzene rings is 2. The SMILES string of the molecule is O=C(Cc1ccc(Oc2ccc(OC3CCCC(O)CCC3)cc2)nc1)Nc1ccccc1C(=O)O. The lowest BCUT2D eigenvalue weighted by molar-refractivity contribution is -0.115. The summed E-state index contributed by atoms with van der Waals surface area (Å²) in [6, 6.07) is 17.1. The van der Waals surface area contributed by atoms with Crippen LogP contribution in [0.4, 0.5) is 5.69 Å². The third-order valence-corrected chi connectivity index (χ3v) is 6.07. The molecule has 188 valence electrons. The number of aliphatic hydroxyl groups is 1. The van der Waals surface area contributed by atoms with Gasteiger partial charge in [-0.15, -0.1) is 0 Å². The van der Waals surface area contributed by atoms with Crippen molar-refractivity contribution < 1.29 is 29.3 Å². The molecule has 1 heterocycles. The molecule has 0 bridgehead atoms. The Morgan fingerprint density at radius 3 is 2.28 bits per heavy atom.